The number of carbonyl (C=O) groups excluding carboxylic acids is 1. The number of nitro groups is 1. The maximum Gasteiger partial charge on any atom is 0.269 e. The first kappa shape index (κ1) is 17.4. The van der Waals surface area contributed by atoms with E-state index < -0.39 is 4.92 Å². The number of non-ortho nitro benzene ring substituents is 1. The maximum absolute atomic E-state index is 12.0. The predicted octanol–water partition coefficient (Wildman–Crippen LogP) is 2.79. The van der Waals surface area contributed by atoms with Crippen molar-refractivity contribution < 1.29 is 9.72 Å². The minimum atomic E-state index is -0.482. The summed E-state index contributed by atoms with van der Waals surface area (Å²) in [6.07, 6.45) is 0.906. The Morgan fingerprint density at radius 1 is 1.08 bits per heavy atom. The van der Waals surface area contributed by atoms with E-state index in [1.54, 1.807) is 12.1 Å². The van der Waals surface area contributed by atoms with Crippen LogP contribution < -0.4 is 16.2 Å². The Kier molecular flexibility index (Phi) is 5.80. The first-order valence-electron chi connectivity index (χ1n) is 7.20. The van der Waals surface area contributed by atoms with Crippen molar-refractivity contribution in [2.75, 3.05) is 5.32 Å². The van der Waals surface area contributed by atoms with Gasteiger partial charge in [-0.2, -0.15) is 0 Å². The molecule has 0 aliphatic rings. The number of anilines is 1. The van der Waals surface area contributed by atoms with E-state index in [0.717, 1.165) is 12.0 Å². The van der Waals surface area contributed by atoms with Gasteiger partial charge in [0, 0.05) is 23.4 Å². The number of hydrogen-bond donors (Lipinski definition) is 3. The summed E-state index contributed by atoms with van der Waals surface area (Å²) in [5.41, 5.74) is 7.29. The van der Waals surface area contributed by atoms with E-state index in [4.69, 9.17) is 12.2 Å². The van der Waals surface area contributed by atoms with Crippen LogP contribution in [0.25, 0.3) is 0 Å². The first-order valence-corrected chi connectivity index (χ1v) is 7.61. The summed E-state index contributed by atoms with van der Waals surface area (Å²) in [5.74, 6) is -0.314. The zero-order valence-electron chi connectivity index (χ0n) is 12.9. The van der Waals surface area contributed by atoms with E-state index in [9.17, 15) is 14.9 Å². The van der Waals surface area contributed by atoms with Crippen LogP contribution in [0.15, 0.2) is 48.5 Å². The third-order valence-electron chi connectivity index (χ3n) is 3.25. The van der Waals surface area contributed by atoms with Crippen LogP contribution in [0.1, 0.15) is 22.8 Å². The molecule has 0 aliphatic heterocycles. The summed E-state index contributed by atoms with van der Waals surface area (Å²) < 4.78 is 0. The molecule has 0 unspecified atom stereocenters. The lowest BCUT2D eigenvalue weighted by Gasteiger charge is -2.11. The number of hydrogen-bond acceptors (Lipinski definition) is 4. The smallest absolute Gasteiger partial charge is 0.269 e. The molecule has 0 bridgehead atoms. The van der Waals surface area contributed by atoms with E-state index in [0.29, 0.717) is 11.3 Å². The Balaban J connectivity index is 1.85. The van der Waals surface area contributed by atoms with Gasteiger partial charge >= 0.3 is 0 Å². The molecule has 0 spiro atoms. The molecule has 0 saturated heterocycles. The van der Waals surface area contributed by atoms with E-state index in [-0.39, 0.29) is 16.7 Å². The fourth-order valence-electron chi connectivity index (χ4n) is 1.91. The summed E-state index contributed by atoms with van der Waals surface area (Å²) in [6.45, 7) is 2.04. The quantitative estimate of drug-likeness (QED) is 0.448. The molecule has 8 heteroatoms. The molecule has 2 rings (SSSR count). The van der Waals surface area contributed by atoms with E-state index in [1.165, 1.54) is 24.3 Å². The maximum atomic E-state index is 12.0. The van der Waals surface area contributed by atoms with Gasteiger partial charge in [-0.25, -0.2) is 0 Å². The van der Waals surface area contributed by atoms with Gasteiger partial charge in [0.05, 0.1) is 4.92 Å². The van der Waals surface area contributed by atoms with Crippen LogP contribution in [0, 0.1) is 10.1 Å². The van der Waals surface area contributed by atoms with E-state index in [2.05, 4.69) is 16.2 Å². The van der Waals surface area contributed by atoms with Crippen molar-refractivity contribution in [3.05, 3.63) is 69.8 Å². The minimum absolute atomic E-state index is 0.0109. The van der Waals surface area contributed by atoms with Gasteiger partial charge in [0.1, 0.15) is 0 Å². The topological polar surface area (TPSA) is 96.3 Å². The molecule has 2 aromatic carbocycles. The van der Waals surface area contributed by atoms with Crippen LogP contribution in [-0.4, -0.2) is 15.9 Å². The summed E-state index contributed by atoms with van der Waals surface area (Å²) >= 11 is 5.06. The number of rotatable bonds is 4. The molecule has 0 heterocycles. The van der Waals surface area contributed by atoms with Crippen molar-refractivity contribution in [3.8, 4) is 0 Å². The lowest BCUT2D eigenvalue weighted by atomic mass is 10.1. The first-order chi connectivity index (χ1) is 11.5. The largest absolute Gasteiger partial charge is 0.331 e. The highest BCUT2D eigenvalue weighted by Gasteiger charge is 2.07. The average molecular weight is 344 g/mol. The molecule has 0 atom stereocenters. The summed E-state index contributed by atoms with van der Waals surface area (Å²) in [7, 11) is 0. The van der Waals surface area contributed by atoms with Gasteiger partial charge in [0.15, 0.2) is 5.11 Å². The molecule has 0 saturated carbocycles. The highest BCUT2D eigenvalue weighted by atomic mass is 32.1. The molecule has 24 heavy (non-hydrogen) atoms. The van der Waals surface area contributed by atoms with Crippen LogP contribution in [0.4, 0.5) is 11.4 Å². The third kappa shape index (κ3) is 4.75. The number of hydrazine groups is 1. The van der Waals surface area contributed by atoms with Gasteiger partial charge in [-0.3, -0.25) is 25.8 Å². The number of carbonyl (C=O) groups is 1. The Hall–Kier alpha value is -3.00. The van der Waals surface area contributed by atoms with E-state index >= 15 is 0 Å². The number of nitrogens with one attached hydrogen (secondary N) is 3. The predicted molar refractivity (Wildman–Crippen MR) is 95.7 cm³/mol. The summed E-state index contributed by atoms with van der Waals surface area (Å²) in [4.78, 5) is 22.1. The van der Waals surface area contributed by atoms with Crippen LogP contribution in [0.5, 0.6) is 0 Å². The van der Waals surface area contributed by atoms with E-state index in [1.807, 2.05) is 19.1 Å². The fraction of sp³-hybridized carbons (Fsp3) is 0.125. The Labute approximate surface area is 144 Å². The van der Waals surface area contributed by atoms with Crippen molar-refractivity contribution in [1.29, 1.82) is 0 Å². The van der Waals surface area contributed by atoms with Crippen LogP contribution in [-0.2, 0) is 6.42 Å². The minimum Gasteiger partial charge on any atom is -0.331 e. The number of aryl methyl sites for hydroxylation is 1. The standard InChI is InChI=1S/C16H16N4O3S/c1-2-11-3-5-12(6-4-11)15(21)18-19-16(24)17-13-7-9-14(10-8-13)20(22)23/h3-10H,2H2,1H3,(H,18,21)(H2,17,19,24). The highest BCUT2D eigenvalue weighted by Crippen LogP contribution is 2.15. The van der Waals surface area contributed by atoms with Crippen LogP contribution in [0.3, 0.4) is 0 Å². The average Bonchev–Trinajstić information content (AvgIpc) is 2.60. The van der Waals surface area contributed by atoms with Crippen LogP contribution in [0.2, 0.25) is 0 Å². The van der Waals surface area contributed by atoms with Crippen molar-refractivity contribution in [3.63, 3.8) is 0 Å². The number of nitrogens with zero attached hydrogens (tertiary/aromatic N) is 1. The number of amides is 1. The summed E-state index contributed by atoms with van der Waals surface area (Å²) in [5, 5.41) is 13.6. The lowest BCUT2D eigenvalue weighted by Crippen LogP contribution is -2.43. The molecule has 3 N–H and O–H groups in total. The van der Waals surface area contributed by atoms with Gasteiger partial charge in [-0.15, -0.1) is 0 Å². The molecule has 1 amide bonds. The van der Waals surface area contributed by atoms with Crippen molar-refractivity contribution in [2.24, 2.45) is 0 Å². The normalized spacial score (nSPS) is 9.88. The Morgan fingerprint density at radius 3 is 2.25 bits per heavy atom. The second-order valence-corrected chi connectivity index (χ2v) is 5.30. The molecule has 0 aromatic heterocycles. The van der Waals surface area contributed by atoms with Gasteiger partial charge in [0.25, 0.3) is 11.6 Å². The monoisotopic (exact) mass is 344 g/mol. The second kappa shape index (κ2) is 8.02. The molecular weight excluding hydrogens is 328 g/mol. The van der Waals surface area contributed by atoms with Crippen molar-refractivity contribution in [1.82, 2.24) is 10.9 Å². The number of benzene rings is 2. The second-order valence-electron chi connectivity index (χ2n) is 4.89. The zero-order chi connectivity index (χ0) is 17.5. The third-order valence-corrected chi connectivity index (χ3v) is 3.45. The van der Waals surface area contributed by atoms with Gasteiger partial charge < -0.3 is 5.32 Å². The molecule has 0 aliphatic carbocycles. The van der Waals surface area contributed by atoms with Crippen LogP contribution >= 0.6 is 12.2 Å². The number of nitro benzene ring substituents is 1. The molecule has 0 radical (unpaired) electrons. The molecular formula is C16H16N4O3S. The SMILES string of the molecule is CCc1ccc(C(=O)NNC(=S)Nc2ccc([N+](=O)[O-])cc2)cc1. The number of thiocarbonyl (C=S) groups is 1. The Morgan fingerprint density at radius 2 is 1.71 bits per heavy atom. The molecule has 124 valence electrons. The fourth-order valence-corrected chi connectivity index (χ4v) is 2.08. The Bertz CT molecular complexity index is 745. The van der Waals surface area contributed by atoms with Crippen molar-refractivity contribution in [2.45, 2.75) is 13.3 Å². The highest BCUT2D eigenvalue weighted by molar-refractivity contribution is 7.80. The van der Waals surface area contributed by atoms with Gasteiger partial charge in [-0.1, -0.05) is 19.1 Å². The summed E-state index contributed by atoms with van der Waals surface area (Å²) in [6, 6.07) is 13.0. The van der Waals surface area contributed by atoms with Gasteiger partial charge in [-0.05, 0) is 48.5 Å². The van der Waals surface area contributed by atoms with Crippen molar-refractivity contribution >= 4 is 34.6 Å². The van der Waals surface area contributed by atoms with Gasteiger partial charge in [0.2, 0.25) is 0 Å². The molecule has 2 aromatic rings. The molecule has 7 nitrogen and oxygen atoms in total. The lowest BCUT2D eigenvalue weighted by molar-refractivity contribution is -0.384. The molecule has 0 fully saturated rings. The zero-order valence-corrected chi connectivity index (χ0v) is 13.7.